The Bertz CT molecular complexity index is 302. The van der Waals surface area contributed by atoms with Gasteiger partial charge in [-0.1, -0.05) is 13.8 Å². The van der Waals surface area contributed by atoms with Gasteiger partial charge in [-0.3, -0.25) is 14.4 Å². The van der Waals surface area contributed by atoms with Crippen molar-refractivity contribution in [1.82, 2.24) is 10.2 Å². The van der Waals surface area contributed by atoms with E-state index in [1.165, 1.54) is 6.92 Å². The molecule has 0 unspecified atom stereocenters. The van der Waals surface area contributed by atoms with Crippen LogP contribution in [0.2, 0.25) is 0 Å². The van der Waals surface area contributed by atoms with Gasteiger partial charge >= 0.3 is 5.97 Å². The van der Waals surface area contributed by atoms with Crippen molar-refractivity contribution < 1.29 is 19.5 Å². The zero-order valence-electron chi connectivity index (χ0n) is 11.2. The minimum Gasteiger partial charge on any atom is -0.481 e. The molecule has 0 atom stereocenters. The Kier molecular flexibility index (Phi) is 7.74. The second kappa shape index (κ2) is 8.49. The first-order chi connectivity index (χ1) is 8.34. The molecule has 0 aliphatic heterocycles. The van der Waals surface area contributed by atoms with Crippen LogP contribution in [0, 0.1) is 5.92 Å². The summed E-state index contributed by atoms with van der Waals surface area (Å²) in [5, 5.41) is 11.3. The maximum atomic E-state index is 11.8. The van der Waals surface area contributed by atoms with E-state index in [4.69, 9.17) is 5.11 Å². The fourth-order valence-corrected chi connectivity index (χ4v) is 1.46. The summed E-state index contributed by atoms with van der Waals surface area (Å²) < 4.78 is 0. The van der Waals surface area contributed by atoms with Gasteiger partial charge in [0.25, 0.3) is 0 Å². The number of aliphatic carboxylic acids is 1. The highest BCUT2D eigenvalue weighted by Crippen LogP contribution is 2.03. The molecular weight excluding hydrogens is 236 g/mol. The molecule has 6 heteroatoms. The molecule has 0 spiro atoms. The Morgan fingerprint density at radius 1 is 1.22 bits per heavy atom. The molecule has 6 nitrogen and oxygen atoms in total. The Balaban J connectivity index is 4.16. The predicted octanol–water partition coefficient (Wildman–Crippen LogP) is 0.472. The molecule has 0 heterocycles. The summed E-state index contributed by atoms with van der Waals surface area (Å²) in [6, 6.07) is 0. The quantitative estimate of drug-likeness (QED) is 0.620. The number of hydrogen-bond donors (Lipinski definition) is 2. The third kappa shape index (κ3) is 7.65. The smallest absolute Gasteiger partial charge is 0.305 e. The van der Waals surface area contributed by atoms with E-state index in [9.17, 15) is 14.4 Å². The van der Waals surface area contributed by atoms with Gasteiger partial charge in [-0.25, -0.2) is 0 Å². The van der Waals surface area contributed by atoms with Crippen molar-refractivity contribution >= 4 is 17.8 Å². The van der Waals surface area contributed by atoms with Gasteiger partial charge in [0.15, 0.2) is 0 Å². The van der Waals surface area contributed by atoms with Gasteiger partial charge in [-0.05, 0) is 6.42 Å². The minimum absolute atomic E-state index is 0.0564. The van der Waals surface area contributed by atoms with Crippen molar-refractivity contribution in [2.45, 2.75) is 33.6 Å². The fourth-order valence-electron chi connectivity index (χ4n) is 1.46. The maximum absolute atomic E-state index is 11.8. The number of hydrogen-bond acceptors (Lipinski definition) is 3. The minimum atomic E-state index is -0.918. The molecule has 0 bridgehead atoms. The number of carboxylic acids is 1. The second-order valence-electron chi connectivity index (χ2n) is 4.46. The number of carbonyl (C=O) groups excluding carboxylic acids is 2. The Hall–Kier alpha value is -1.59. The van der Waals surface area contributed by atoms with E-state index in [0.717, 1.165) is 0 Å². The molecule has 0 fully saturated rings. The number of nitrogens with one attached hydrogen (secondary N) is 1. The van der Waals surface area contributed by atoms with Crippen LogP contribution in [0.25, 0.3) is 0 Å². The van der Waals surface area contributed by atoms with Gasteiger partial charge in [-0.2, -0.15) is 0 Å². The first-order valence-corrected chi connectivity index (χ1v) is 6.09. The van der Waals surface area contributed by atoms with Crippen LogP contribution in [-0.4, -0.2) is 47.4 Å². The molecule has 18 heavy (non-hydrogen) atoms. The molecule has 0 saturated heterocycles. The van der Waals surface area contributed by atoms with Crippen LogP contribution in [-0.2, 0) is 14.4 Å². The molecule has 104 valence electrons. The van der Waals surface area contributed by atoms with Crippen molar-refractivity contribution in [1.29, 1.82) is 0 Å². The van der Waals surface area contributed by atoms with Gasteiger partial charge in [0.1, 0.15) is 0 Å². The Morgan fingerprint density at radius 2 is 1.83 bits per heavy atom. The maximum Gasteiger partial charge on any atom is 0.305 e. The van der Waals surface area contributed by atoms with E-state index >= 15 is 0 Å². The summed E-state index contributed by atoms with van der Waals surface area (Å²) in [5.74, 6) is -1.24. The summed E-state index contributed by atoms with van der Waals surface area (Å²) >= 11 is 0. The first kappa shape index (κ1) is 16.4. The third-order valence-electron chi connectivity index (χ3n) is 2.38. The SMILES string of the molecule is CC(=O)NCCCN(CCC(=O)O)C(=O)C(C)C. The van der Waals surface area contributed by atoms with Crippen LogP contribution < -0.4 is 5.32 Å². The molecule has 0 aromatic heterocycles. The lowest BCUT2D eigenvalue weighted by molar-refractivity contribution is -0.139. The first-order valence-electron chi connectivity index (χ1n) is 6.09. The summed E-state index contributed by atoms with van der Waals surface area (Å²) in [6.07, 6.45) is 0.566. The monoisotopic (exact) mass is 258 g/mol. The zero-order valence-corrected chi connectivity index (χ0v) is 11.2. The molecule has 0 radical (unpaired) electrons. The number of nitrogens with zero attached hydrogens (tertiary/aromatic N) is 1. The average Bonchev–Trinajstić information content (AvgIpc) is 2.26. The zero-order chi connectivity index (χ0) is 14.1. The lowest BCUT2D eigenvalue weighted by Gasteiger charge is -2.24. The lowest BCUT2D eigenvalue weighted by Crippen LogP contribution is -2.38. The third-order valence-corrected chi connectivity index (χ3v) is 2.38. The van der Waals surface area contributed by atoms with Gasteiger partial charge in [0.05, 0.1) is 6.42 Å². The summed E-state index contributed by atoms with van der Waals surface area (Å²) in [7, 11) is 0. The Labute approximate surface area is 107 Å². The molecule has 0 aliphatic carbocycles. The van der Waals surface area contributed by atoms with Crippen LogP contribution in [0.1, 0.15) is 33.6 Å². The highest BCUT2D eigenvalue weighted by Gasteiger charge is 2.17. The van der Waals surface area contributed by atoms with E-state index in [2.05, 4.69) is 5.32 Å². The topological polar surface area (TPSA) is 86.7 Å². The van der Waals surface area contributed by atoms with E-state index < -0.39 is 5.97 Å². The van der Waals surface area contributed by atoms with E-state index in [0.29, 0.717) is 19.5 Å². The summed E-state index contributed by atoms with van der Waals surface area (Å²) in [4.78, 5) is 34.6. The number of carboxylic acid groups (broad SMARTS) is 1. The van der Waals surface area contributed by atoms with Crippen molar-refractivity contribution in [3.05, 3.63) is 0 Å². The van der Waals surface area contributed by atoms with Crippen molar-refractivity contribution in [3.63, 3.8) is 0 Å². The largest absolute Gasteiger partial charge is 0.481 e. The van der Waals surface area contributed by atoms with Gasteiger partial charge in [-0.15, -0.1) is 0 Å². The molecule has 0 aliphatic rings. The van der Waals surface area contributed by atoms with Crippen molar-refractivity contribution in [3.8, 4) is 0 Å². The number of carbonyl (C=O) groups is 3. The Morgan fingerprint density at radius 3 is 2.28 bits per heavy atom. The molecule has 0 saturated carbocycles. The van der Waals surface area contributed by atoms with E-state index in [1.54, 1.807) is 18.7 Å². The standard InChI is InChI=1S/C12H22N2O4/c1-9(2)12(18)14(8-5-11(16)17)7-4-6-13-10(3)15/h9H,4-8H2,1-3H3,(H,13,15)(H,16,17). The van der Waals surface area contributed by atoms with Crippen molar-refractivity contribution in [2.24, 2.45) is 5.92 Å². The summed E-state index contributed by atoms with van der Waals surface area (Å²) in [6.45, 7) is 6.16. The van der Waals surface area contributed by atoms with Crippen molar-refractivity contribution in [2.75, 3.05) is 19.6 Å². The lowest BCUT2D eigenvalue weighted by atomic mass is 10.1. The van der Waals surface area contributed by atoms with Gasteiger partial charge in [0.2, 0.25) is 11.8 Å². The fraction of sp³-hybridized carbons (Fsp3) is 0.750. The highest BCUT2D eigenvalue weighted by atomic mass is 16.4. The molecule has 2 N–H and O–H groups in total. The molecule has 0 aromatic carbocycles. The predicted molar refractivity (Wildman–Crippen MR) is 67.0 cm³/mol. The average molecular weight is 258 g/mol. The molecule has 2 amide bonds. The van der Waals surface area contributed by atoms with E-state index in [1.807, 2.05) is 0 Å². The van der Waals surface area contributed by atoms with Crippen LogP contribution >= 0.6 is 0 Å². The normalized spacial score (nSPS) is 10.2. The van der Waals surface area contributed by atoms with E-state index in [-0.39, 0.29) is 30.7 Å². The van der Waals surface area contributed by atoms with Gasteiger partial charge < -0.3 is 15.3 Å². The number of amides is 2. The molecule has 0 rings (SSSR count). The second-order valence-corrected chi connectivity index (χ2v) is 4.46. The van der Waals surface area contributed by atoms with Crippen LogP contribution in [0.5, 0.6) is 0 Å². The molecule has 0 aromatic rings. The van der Waals surface area contributed by atoms with Gasteiger partial charge in [0, 0.05) is 32.5 Å². The van der Waals surface area contributed by atoms with Crippen LogP contribution in [0.4, 0.5) is 0 Å². The van der Waals surface area contributed by atoms with Crippen LogP contribution in [0.3, 0.4) is 0 Å². The van der Waals surface area contributed by atoms with Crippen LogP contribution in [0.15, 0.2) is 0 Å². The summed E-state index contributed by atoms with van der Waals surface area (Å²) in [5.41, 5.74) is 0. The highest BCUT2D eigenvalue weighted by molar-refractivity contribution is 5.78. The number of rotatable bonds is 8. The molecular formula is C12H22N2O4.